The highest BCUT2D eigenvalue weighted by Crippen LogP contribution is 2.47. The number of hydrogen-bond donors (Lipinski definition) is 0. The maximum absolute atomic E-state index is 2.70. The molecule has 0 unspecified atom stereocenters. The van der Waals surface area contributed by atoms with E-state index in [2.05, 4.69) is 111 Å². The normalized spacial score (nSPS) is 15.3. The molecule has 1 fully saturated rings. The van der Waals surface area contributed by atoms with Crippen molar-refractivity contribution in [2.75, 3.05) is 0 Å². The summed E-state index contributed by atoms with van der Waals surface area (Å²) in [5, 5.41) is 9.92. The van der Waals surface area contributed by atoms with E-state index >= 15 is 0 Å². The van der Waals surface area contributed by atoms with Crippen molar-refractivity contribution in [2.24, 2.45) is 18.4 Å². The molecular weight excluding hydrogens is 496 g/mol. The van der Waals surface area contributed by atoms with Crippen LogP contribution in [0.3, 0.4) is 0 Å². The average Bonchev–Trinajstić information content (AvgIpc) is 3.57. The second kappa shape index (κ2) is 8.68. The van der Waals surface area contributed by atoms with Crippen LogP contribution in [0.2, 0.25) is 0 Å². The summed E-state index contributed by atoms with van der Waals surface area (Å²) in [6, 6.07) is 21.3. The van der Waals surface area contributed by atoms with Crippen LogP contribution in [0.1, 0.15) is 68.7 Å². The second-order valence-electron chi connectivity index (χ2n) is 14.3. The molecule has 0 atom stereocenters. The first-order valence-electron chi connectivity index (χ1n) is 15.6. The molecule has 206 valence electrons. The van der Waals surface area contributed by atoms with E-state index in [1.807, 2.05) is 0 Å². The van der Waals surface area contributed by atoms with Crippen LogP contribution in [0.25, 0.3) is 59.8 Å². The summed E-state index contributed by atoms with van der Waals surface area (Å²) in [6.45, 7) is 11.8. The van der Waals surface area contributed by atoms with E-state index in [1.165, 1.54) is 109 Å². The number of nitrogens with zero attached hydrogens (tertiary/aromatic N) is 2. The van der Waals surface area contributed by atoms with E-state index < -0.39 is 0 Å². The summed E-state index contributed by atoms with van der Waals surface area (Å²) >= 11 is 0. The van der Waals surface area contributed by atoms with Crippen molar-refractivity contribution in [3.63, 3.8) is 0 Å². The molecule has 0 N–H and O–H groups in total. The Bertz CT molecular complexity index is 2160. The zero-order chi connectivity index (χ0) is 28.2. The molecule has 2 nitrogen and oxygen atoms in total. The Kier molecular flexibility index (Phi) is 5.31. The van der Waals surface area contributed by atoms with Gasteiger partial charge in [0.05, 0.1) is 27.3 Å². The van der Waals surface area contributed by atoms with Crippen molar-refractivity contribution in [1.82, 2.24) is 4.40 Å². The third-order valence-corrected chi connectivity index (χ3v) is 10.1. The highest BCUT2D eigenvalue weighted by Gasteiger charge is 2.30. The smallest absolute Gasteiger partial charge is 0.224 e. The van der Waals surface area contributed by atoms with E-state index in [-0.39, 0.29) is 5.41 Å². The number of benzene rings is 4. The van der Waals surface area contributed by atoms with E-state index in [0.717, 1.165) is 12.3 Å². The third kappa shape index (κ3) is 3.59. The quantitative estimate of drug-likeness (QED) is 0.120. The van der Waals surface area contributed by atoms with Gasteiger partial charge in [-0.1, -0.05) is 88.4 Å². The minimum absolute atomic E-state index is 0.154. The SMILES string of the molecule is Cc1ccc2c(CC(C)(C)C)c3c(c(C)c2c1)c1c2c(cc[n+]1C)cc(CC1CCCC1)c1c4ccccc4n3c12. The molecule has 4 aromatic carbocycles. The molecule has 0 aliphatic heterocycles. The number of pyridine rings is 2. The molecule has 3 heterocycles. The lowest BCUT2D eigenvalue weighted by molar-refractivity contribution is -0.643. The molecule has 41 heavy (non-hydrogen) atoms. The molecule has 3 aromatic heterocycles. The second-order valence-corrected chi connectivity index (χ2v) is 14.3. The van der Waals surface area contributed by atoms with Gasteiger partial charge < -0.3 is 4.40 Å². The molecule has 8 rings (SSSR count). The van der Waals surface area contributed by atoms with Crippen LogP contribution >= 0.6 is 0 Å². The first-order valence-corrected chi connectivity index (χ1v) is 15.6. The average molecular weight is 538 g/mol. The van der Waals surface area contributed by atoms with E-state index in [4.69, 9.17) is 0 Å². The molecule has 1 saturated carbocycles. The molecule has 1 aliphatic rings. The topological polar surface area (TPSA) is 8.29 Å². The molecule has 0 spiro atoms. The largest absolute Gasteiger partial charge is 0.307 e. The van der Waals surface area contributed by atoms with Crippen molar-refractivity contribution >= 4 is 59.8 Å². The van der Waals surface area contributed by atoms with Crippen LogP contribution in [0.15, 0.2) is 60.8 Å². The summed E-state index contributed by atoms with van der Waals surface area (Å²) in [7, 11) is 2.25. The van der Waals surface area contributed by atoms with Crippen LogP contribution in [-0.4, -0.2) is 4.40 Å². The van der Waals surface area contributed by atoms with Crippen molar-refractivity contribution in [1.29, 1.82) is 0 Å². The fourth-order valence-electron chi connectivity index (χ4n) is 8.38. The van der Waals surface area contributed by atoms with Crippen LogP contribution in [0.4, 0.5) is 0 Å². The van der Waals surface area contributed by atoms with Gasteiger partial charge in [-0.2, -0.15) is 0 Å². The van der Waals surface area contributed by atoms with Gasteiger partial charge in [-0.25, -0.2) is 4.57 Å². The predicted molar refractivity (Wildman–Crippen MR) is 176 cm³/mol. The Morgan fingerprint density at radius 1 is 0.829 bits per heavy atom. The summed E-state index contributed by atoms with van der Waals surface area (Å²) in [5.41, 5.74) is 11.5. The maximum Gasteiger partial charge on any atom is 0.224 e. The van der Waals surface area contributed by atoms with Gasteiger partial charge in [0, 0.05) is 16.8 Å². The Morgan fingerprint density at radius 2 is 1.61 bits per heavy atom. The van der Waals surface area contributed by atoms with Crippen molar-refractivity contribution in [2.45, 2.75) is 73.1 Å². The minimum Gasteiger partial charge on any atom is -0.307 e. The van der Waals surface area contributed by atoms with E-state index in [9.17, 15) is 0 Å². The number of para-hydroxylation sites is 1. The molecule has 0 bridgehead atoms. The fraction of sp³-hybridized carbons (Fsp3) is 0.359. The van der Waals surface area contributed by atoms with Crippen molar-refractivity contribution in [3.05, 3.63) is 83.0 Å². The molecule has 0 saturated heterocycles. The standard InChI is InChI=1S/C39H41N2/c1-23-15-16-28-30(19-23)24(2)33-36(31(28)22-39(3,4)5)41-32-14-10-9-13-29(32)34-27(20-25-11-7-8-12-25)21-26-17-18-40(6)37(33)35(26)38(34)41/h9-10,13-19,21,25H,7-8,11-12,20,22H2,1-6H3/q+1. The number of rotatable bonds is 3. The maximum atomic E-state index is 2.70. The summed E-state index contributed by atoms with van der Waals surface area (Å²) in [5.74, 6) is 0.804. The van der Waals surface area contributed by atoms with Crippen LogP contribution < -0.4 is 4.57 Å². The lowest BCUT2D eigenvalue weighted by Crippen LogP contribution is -2.29. The summed E-state index contributed by atoms with van der Waals surface area (Å²) in [6.07, 6.45) is 10.0. The van der Waals surface area contributed by atoms with E-state index in [1.54, 1.807) is 5.56 Å². The Morgan fingerprint density at radius 3 is 2.39 bits per heavy atom. The molecule has 0 radical (unpaired) electrons. The lowest BCUT2D eigenvalue weighted by Gasteiger charge is -2.24. The van der Waals surface area contributed by atoms with Crippen LogP contribution in [0, 0.1) is 25.2 Å². The molecule has 1 aliphatic carbocycles. The molecular formula is C39H41N2+. The van der Waals surface area contributed by atoms with Gasteiger partial charge in [0.1, 0.15) is 7.05 Å². The van der Waals surface area contributed by atoms with Gasteiger partial charge in [-0.15, -0.1) is 0 Å². The first kappa shape index (κ1) is 25.1. The minimum atomic E-state index is 0.154. The van der Waals surface area contributed by atoms with Gasteiger partial charge in [0.2, 0.25) is 5.52 Å². The van der Waals surface area contributed by atoms with Crippen LogP contribution in [-0.2, 0) is 19.9 Å². The number of fused-ring (bicyclic) bond motifs is 7. The zero-order valence-corrected chi connectivity index (χ0v) is 25.5. The van der Waals surface area contributed by atoms with Crippen molar-refractivity contribution < 1.29 is 4.57 Å². The zero-order valence-electron chi connectivity index (χ0n) is 25.5. The first-order chi connectivity index (χ1) is 19.7. The third-order valence-electron chi connectivity index (χ3n) is 10.1. The number of hydrogen-bond acceptors (Lipinski definition) is 0. The Balaban J connectivity index is 1.70. The summed E-state index contributed by atoms with van der Waals surface area (Å²) in [4.78, 5) is 0. The van der Waals surface area contributed by atoms with Crippen molar-refractivity contribution in [3.8, 4) is 0 Å². The fourth-order valence-corrected chi connectivity index (χ4v) is 8.38. The highest BCUT2D eigenvalue weighted by atomic mass is 15.0. The molecule has 0 amide bonds. The Hall–Kier alpha value is -3.65. The lowest BCUT2D eigenvalue weighted by atomic mass is 9.82. The van der Waals surface area contributed by atoms with Gasteiger partial charge in [-0.3, -0.25) is 0 Å². The highest BCUT2D eigenvalue weighted by molar-refractivity contribution is 6.29. The molecule has 2 heteroatoms. The van der Waals surface area contributed by atoms with Gasteiger partial charge in [-0.05, 0) is 83.0 Å². The number of aromatic nitrogens is 2. The van der Waals surface area contributed by atoms with Gasteiger partial charge in [0.25, 0.3) is 0 Å². The molecule has 7 aromatic rings. The Labute approximate surface area is 242 Å². The van der Waals surface area contributed by atoms with E-state index in [0.29, 0.717) is 0 Å². The predicted octanol–water partition coefficient (Wildman–Crippen LogP) is 9.91. The summed E-state index contributed by atoms with van der Waals surface area (Å²) < 4.78 is 5.09. The van der Waals surface area contributed by atoms with Gasteiger partial charge in [0.15, 0.2) is 6.20 Å². The van der Waals surface area contributed by atoms with Gasteiger partial charge >= 0.3 is 0 Å². The monoisotopic (exact) mass is 537 g/mol. The van der Waals surface area contributed by atoms with Crippen LogP contribution in [0.5, 0.6) is 0 Å². The number of aryl methyl sites for hydroxylation is 3.